The Morgan fingerprint density at radius 3 is 2.47 bits per heavy atom. The molecule has 0 bridgehead atoms. The van der Waals surface area contributed by atoms with Crippen LogP contribution >= 0.6 is 39.3 Å². The zero-order valence-electron chi connectivity index (χ0n) is 17.5. The lowest BCUT2D eigenvalue weighted by Gasteiger charge is -2.34. The van der Waals surface area contributed by atoms with Crippen LogP contribution in [0.15, 0.2) is 87.1 Å². The van der Waals surface area contributed by atoms with E-state index in [1.807, 2.05) is 48.5 Å². The summed E-state index contributed by atoms with van der Waals surface area (Å²) in [6, 6.07) is 24.2. The fraction of sp³-hybridized carbons (Fsp3) is 0.240. The van der Waals surface area contributed by atoms with Gasteiger partial charge in [-0.25, -0.2) is 4.79 Å². The van der Waals surface area contributed by atoms with Gasteiger partial charge in [0.05, 0.1) is 0 Å². The molecule has 3 aromatic rings. The van der Waals surface area contributed by atoms with E-state index in [9.17, 15) is 4.79 Å². The van der Waals surface area contributed by atoms with Gasteiger partial charge < -0.3 is 9.64 Å². The molecule has 0 aromatic heterocycles. The summed E-state index contributed by atoms with van der Waals surface area (Å²) in [5, 5.41) is 0.746. The molecule has 0 unspecified atom stereocenters. The van der Waals surface area contributed by atoms with Crippen LogP contribution in [0.2, 0.25) is 5.02 Å². The summed E-state index contributed by atoms with van der Waals surface area (Å²) < 4.78 is 6.49. The number of benzene rings is 3. The number of halogens is 2. The molecular weight excluding hydrogens is 508 g/mol. The van der Waals surface area contributed by atoms with Gasteiger partial charge in [-0.3, -0.25) is 4.90 Å². The summed E-state index contributed by atoms with van der Waals surface area (Å²) in [6.45, 7) is 4.14. The highest BCUT2D eigenvalue weighted by molar-refractivity contribution is 9.10. The predicted octanol–water partition coefficient (Wildman–Crippen LogP) is 6.71. The number of carbonyl (C=O) groups is 1. The molecule has 4 rings (SSSR count). The third kappa shape index (κ3) is 6.51. The van der Waals surface area contributed by atoms with Gasteiger partial charge in [-0.05, 0) is 53.6 Å². The summed E-state index contributed by atoms with van der Waals surface area (Å²) in [7, 11) is 0. The Balaban J connectivity index is 1.28. The van der Waals surface area contributed by atoms with E-state index in [1.54, 1.807) is 16.7 Å². The van der Waals surface area contributed by atoms with Crippen LogP contribution in [0.1, 0.15) is 11.1 Å². The van der Waals surface area contributed by atoms with Crippen LogP contribution in [0.25, 0.3) is 0 Å². The number of rotatable bonds is 6. The molecule has 1 amide bonds. The molecule has 1 saturated heterocycles. The van der Waals surface area contributed by atoms with Gasteiger partial charge in [0.25, 0.3) is 0 Å². The average Bonchev–Trinajstić information content (AvgIpc) is 2.81. The van der Waals surface area contributed by atoms with Crippen molar-refractivity contribution in [2.45, 2.75) is 22.9 Å². The van der Waals surface area contributed by atoms with E-state index in [2.05, 4.69) is 45.1 Å². The van der Waals surface area contributed by atoms with Crippen molar-refractivity contribution in [3.05, 3.63) is 93.4 Å². The first-order valence-corrected chi connectivity index (χ1v) is 12.5. The van der Waals surface area contributed by atoms with Crippen molar-refractivity contribution < 1.29 is 9.53 Å². The van der Waals surface area contributed by atoms with Crippen LogP contribution < -0.4 is 0 Å². The van der Waals surface area contributed by atoms with Crippen molar-refractivity contribution in [2.75, 3.05) is 26.2 Å². The van der Waals surface area contributed by atoms with Crippen molar-refractivity contribution >= 4 is 45.4 Å². The highest BCUT2D eigenvalue weighted by Gasteiger charge is 2.22. The molecule has 0 N–H and O–H groups in total. The predicted molar refractivity (Wildman–Crippen MR) is 133 cm³/mol. The number of piperazine rings is 1. The molecule has 1 heterocycles. The number of amides is 1. The third-order valence-electron chi connectivity index (χ3n) is 5.29. The smallest absolute Gasteiger partial charge is 0.410 e. The Hall–Kier alpha value is -1.99. The molecule has 0 aliphatic carbocycles. The number of hydrogen-bond acceptors (Lipinski definition) is 4. The average molecular weight is 532 g/mol. The molecule has 4 nitrogen and oxygen atoms in total. The van der Waals surface area contributed by atoms with Crippen molar-refractivity contribution in [1.29, 1.82) is 0 Å². The monoisotopic (exact) mass is 530 g/mol. The lowest BCUT2D eigenvalue weighted by molar-refractivity contribution is 0.0699. The van der Waals surface area contributed by atoms with Crippen molar-refractivity contribution in [3.63, 3.8) is 0 Å². The fourth-order valence-corrected chi connectivity index (χ4v) is 5.07. The van der Waals surface area contributed by atoms with Crippen molar-refractivity contribution in [3.8, 4) is 0 Å². The molecule has 1 aliphatic heterocycles. The largest absolute Gasteiger partial charge is 0.445 e. The molecule has 7 heteroatoms. The molecule has 1 aliphatic rings. The Kier molecular flexibility index (Phi) is 8.14. The SMILES string of the molecule is O=C(OCc1cccc(Br)c1)N1CCN(Cc2ccccc2Sc2ccc(Cl)cc2)CC1. The van der Waals surface area contributed by atoms with Gasteiger partial charge >= 0.3 is 6.09 Å². The summed E-state index contributed by atoms with van der Waals surface area (Å²) in [4.78, 5) is 19.1. The Morgan fingerprint density at radius 2 is 1.72 bits per heavy atom. The first-order valence-electron chi connectivity index (χ1n) is 10.5. The molecule has 1 fully saturated rings. The third-order valence-corrected chi connectivity index (χ3v) is 7.16. The minimum atomic E-state index is -0.247. The Morgan fingerprint density at radius 1 is 0.969 bits per heavy atom. The van der Waals surface area contributed by atoms with Crippen LogP contribution in [0.5, 0.6) is 0 Å². The first kappa shape index (κ1) is 23.2. The minimum Gasteiger partial charge on any atom is -0.445 e. The van der Waals surface area contributed by atoms with Crippen LogP contribution in [-0.4, -0.2) is 42.1 Å². The van der Waals surface area contributed by atoms with Crippen LogP contribution in [0.4, 0.5) is 4.79 Å². The van der Waals surface area contributed by atoms with E-state index >= 15 is 0 Å². The van der Waals surface area contributed by atoms with Crippen LogP contribution in [0.3, 0.4) is 0 Å². The van der Waals surface area contributed by atoms with E-state index in [4.69, 9.17) is 16.3 Å². The Bertz CT molecular complexity index is 1060. The summed E-state index contributed by atoms with van der Waals surface area (Å²) in [5.74, 6) is 0. The van der Waals surface area contributed by atoms with Gasteiger partial charge in [0.2, 0.25) is 0 Å². The number of carbonyl (C=O) groups excluding carboxylic acids is 1. The van der Waals surface area contributed by atoms with Gasteiger partial charge in [0, 0.05) is 52.0 Å². The molecule has 0 radical (unpaired) electrons. The van der Waals surface area contributed by atoms with Gasteiger partial charge in [-0.1, -0.05) is 69.6 Å². The topological polar surface area (TPSA) is 32.8 Å². The number of ether oxygens (including phenoxy) is 1. The molecule has 0 atom stereocenters. The maximum atomic E-state index is 12.5. The van der Waals surface area contributed by atoms with Crippen molar-refractivity contribution in [2.24, 2.45) is 0 Å². The van der Waals surface area contributed by atoms with Gasteiger partial charge in [-0.15, -0.1) is 0 Å². The second-order valence-electron chi connectivity index (χ2n) is 7.61. The highest BCUT2D eigenvalue weighted by atomic mass is 79.9. The molecule has 3 aromatic carbocycles. The maximum Gasteiger partial charge on any atom is 0.410 e. The van der Waals surface area contributed by atoms with Gasteiger partial charge in [0.15, 0.2) is 0 Å². The zero-order valence-corrected chi connectivity index (χ0v) is 20.7. The quantitative estimate of drug-likeness (QED) is 0.354. The van der Waals surface area contributed by atoms with E-state index in [0.29, 0.717) is 13.1 Å². The standard InChI is InChI=1S/C25H24BrClN2O2S/c26-21-6-3-4-19(16-21)18-31-25(30)29-14-12-28(13-15-29)17-20-5-1-2-7-24(20)32-23-10-8-22(27)9-11-23/h1-11,16H,12-15,17-18H2. The zero-order chi connectivity index (χ0) is 22.3. The van der Waals surface area contributed by atoms with E-state index in [0.717, 1.165) is 34.7 Å². The van der Waals surface area contributed by atoms with Crippen molar-refractivity contribution in [1.82, 2.24) is 9.80 Å². The maximum absolute atomic E-state index is 12.5. The number of nitrogens with zero attached hydrogens (tertiary/aromatic N) is 2. The second-order valence-corrected chi connectivity index (χ2v) is 10.1. The van der Waals surface area contributed by atoms with Gasteiger partial charge in [-0.2, -0.15) is 0 Å². The molecule has 166 valence electrons. The summed E-state index contributed by atoms with van der Waals surface area (Å²) in [6.07, 6.45) is -0.247. The molecule has 0 spiro atoms. The lowest BCUT2D eigenvalue weighted by Crippen LogP contribution is -2.48. The minimum absolute atomic E-state index is 0.247. The van der Waals surface area contributed by atoms with Crippen LogP contribution in [-0.2, 0) is 17.9 Å². The summed E-state index contributed by atoms with van der Waals surface area (Å²) >= 11 is 11.2. The second kappa shape index (κ2) is 11.2. The molecule has 0 saturated carbocycles. The lowest BCUT2D eigenvalue weighted by atomic mass is 10.2. The highest BCUT2D eigenvalue weighted by Crippen LogP contribution is 2.32. The Labute approximate surface area is 206 Å². The first-order chi connectivity index (χ1) is 15.6. The van der Waals surface area contributed by atoms with E-state index in [1.165, 1.54) is 15.4 Å². The molecular formula is C25H24BrClN2O2S. The number of hydrogen-bond donors (Lipinski definition) is 0. The van der Waals surface area contributed by atoms with Gasteiger partial charge in [0.1, 0.15) is 6.61 Å². The fourth-order valence-electron chi connectivity index (χ4n) is 3.56. The normalized spacial score (nSPS) is 14.4. The van der Waals surface area contributed by atoms with E-state index in [-0.39, 0.29) is 12.7 Å². The van der Waals surface area contributed by atoms with E-state index < -0.39 is 0 Å². The molecule has 32 heavy (non-hydrogen) atoms. The summed E-state index contributed by atoms with van der Waals surface area (Å²) in [5.41, 5.74) is 2.26. The van der Waals surface area contributed by atoms with Crippen LogP contribution in [0, 0.1) is 0 Å².